The fourth-order valence-electron chi connectivity index (χ4n) is 0.0727. The van der Waals surface area contributed by atoms with Crippen molar-refractivity contribution in [2.24, 2.45) is 3.77 Å². The Labute approximate surface area is 51.5 Å². The molecule has 0 spiro atoms. The highest BCUT2D eigenvalue weighted by Crippen LogP contribution is 1.94. The first-order valence-corrected chi connectivity index (χ1v) is 4.48. The maximum Gasteiger partial charge on any atom is 0.354 e. The Morgan fingerprint density at radius 2 is 1.75 bits per heavy atom. The number of hydrogen-bond donors (Lipinski definition) is 0. The molecule has 0 fully saturated rings. The van der Waals surface area contributed by atoms with E-state index < -0.39 is 19.7 Å². The average Bonchev–Trinajstić information content (AvgIpc) is 1.21. The van der Waals surface area contributed by atoms with Crippen LogP contribution in [-0.4, -0.2) is 16.8 Å². The summed E-state index contributed by atoms with van der Waals surface area (Å²) in [4.78, 5) is 0. The van der Waals surface area contributed by atoms with Crippen molar-refractivity contribution in [3.05, 3.63) is 0 Å². The van der Waals surface area contributed by atoms with Gasteiger partial charge in [0.1, 0.15) is 0 Å². The third-order valence-corrected chi connectivity index (χ3v) is 1.86. The van der Waals surface area contributed by atoms with Gasteiger partial charge in [0.25, 0.3) is 0 Å². The first-order valence-electron chi connectivity index (χ1n) is 1.19. The van der Waals surface area contributed by atoms with Gasteiger partial charge < -0.3 is 0 Å². The molecule has 0 bridgehead atoms. The SMILES string of the molecule is O=S(=O)=NS(=O)(=O)Cl. The second-order valence-corrected chi connectivity index (χ2v) is 3.73. The van der Waals surface area contributed by atoms with E-state index in [0.29, 0.717) is 0 Å². The van der Waals surface area contributed by atoms with Crippen molar-refractivity contribution < 1.29 is 16.8 Å². The van der Waals surface area contributed by atoms with Crippen molar-refractivity contribution in [1.82, 2.24) is 0 Å². The normalized spacial score (nSPS) is 10.6. The van der Waals surface area contributed by atoms with Gasteiger partial charge in [0.05, 0.1) is 0 Å². The largest absolute Gasteiger partial charge is 0.354 e. The van der Waals surface area contributed by atoms with Crippen LogP contribution in [0, 0.1) is 0 Å². The van der Waals surface area contributed by atoms with Crippen molar-refractivity contribution in [2.75, 3.05) is 0 Å². The van der Waals surface area contributed by atoms with Crippen molar-refractivity contribution in [3.8, 4) is 0 Å². The van der Waals surface area contributed by atoms with E-state index in [1.165, 1.54) is 0 Å². The van der Waals surface area contributed by atoms with Crippen molar-refractivity contribution in [1.29, 1.82) is 0 Å². The molecule has 0 aliphatic rings. The quantitative estimate of drug-likeness (QED) is 0.508. The molecule has 0 aromatic carbocycles. The molecule has 0 saturated heterocycles. The van der Waals surface area contributed by atoms with E-state index in [4.69, 9.17) is 0 Å². The third-order valence-electron chi connectivity index (χ3n) is 0.150. The van der Waals surface area contributed by atoms with Gasteiger partial charge in [0.15, 0.2) is 0 Å². The molecule has 8 heavy (non-hydrogen) atoms. The zero-order chi connectivity index (χ0) is 6.78. The van der Waals surface area contributed by atoms with E-state index in [2.05, 4.69) is 14.5 Å². The molecule has 0 aliphatic heterocycles. The van der Waals surface area contributed by atoms with Crippen LogP contribution in [0.3, 0.4) is 0 Å². The summed E-state index contributed by atoms with van der Waals surface area (Å²) in [6, 6.07) is 0. The molecule has 5 nitrogen and oxygen atoms in total. The summed E-state index contributed by atoms with van der Waals surface area (Å²) in [6.07, 6.45) is 0. The van der Waals surface area contributed by atoms with E-state index >= 15 is 0 Å². The average molecular weight is 178 g/mol. The zero-order valence-electron chi connectivity index (χ0n) is 3.27. The lowest BCUT2D eigenvalue weighted by molar-refractivity contribution is 0.608. The number of nitrogens with zero attached hydrogens (tertiary/aromatic N) is 1. The Kier molecular flexibility index (Phi) is 2.38. The van der Waals surface area contributed by atoms with Crippen LogP contribution in [0.2, 0.25) is 0 Å². The smallest absolute Gasteiger partial charge is 0.186 e. The Morgan fingerprint density at radius 3 is 1.75 bits per heavy atom. The lowest BCUT2D eigenvalue weighted by Crippen LogP contribution is -1.77. The minimum atomic E-state index is -4.24. The van der Waals surface area contributed by atoms with Crippen LogP contribution in [0.15, 0.2) is 3.77 Å². The first kappa shape index (κ1) is 7.86. The van der Waals surface area contributed by atoms with Crippen LogP contribution in [0.25, 0.3) is 0 Å². The van der Waals surface area contributed by atoms with Gasteiger partial charge in [-0.05, 0) is 3.77 Å². The molecule has 0 aromatic heterocycles. The molecule has 0 aromatic rings. The van der Waals surface area contributed by atoms with Crippen molar-refractivity contribution >= 4 is 30.4 Å². The molecule has 0 N–H and O–H groups in total. The Balaban J connectivity index is 4.93. The molecule has 0 aliphatic carbocycles. The summed E-state index contributed by atoms with van der Waals surface area (Å²) in [5.74, 6) is 0. The predicted molar refractivity (Wildman–Crippen MR) is 26.1 cm³/mol. The molecule has 0 amide bonds. The molecular formula is ClNO4S2. The van der Waals surface area contributed by atoms with E-state index in [1.807, 2.05) is 0 Å². The van der Waals surface area contributed by atoms with Gasteiger partial charge in [-0.3, -0.25) is 0 Å². The maximum absolute atomic E-state index is 9.65. The number of hydrogen-bond acceptors (Lipinski definition) is 4. The van der Waals surface area contributed by atoms with Gasteiger partial charge in [0, 0.05) is 10.7 Å². The number of rotatable bonds is 1. The number of halogens is 1. The summed E-state index contributed by atoms with van der Waals surface area (Å²) in [5.41, 5.74) is 0. The van der Waals surface area contributed by atoms with E-state index in [9.17, 15) is 16.8 Å². The summed E-state index contributed by atoms with van der Waals surface area (Å²) in [6.45, 7) is 0. The van der Waals surface area contributed by atoms with E-state index in [1.54, 1.807) is 0 Å². The molecule has 8 heteroatoms. The predicted octanol–water partition coefficient (Wildman–Crippen LogP) is -0.467. The highest BCUT2D eigenvalue weighted by molar-refractivity contribution is 8.14. The summed E-state index contributed by atoms with van der Waals surface area (Å²) < 4.78 is 40.1. The minimum Gasteiger partial charge on any atom is -0.186 e. The van der Waals surface area contributed by atoms with Crippen LogP contribution in [0.4, 0.5) is 0 Å². The topological polar surface area (TPSA) is 80.6 Å². The lowest BCUT2D eigenvalue weighted by Gasteiger charge is -1.68. The standard InChI is InChI=1S/ClNO4S2/c1-8(5,6)2-7(3)4. The minimum absolute atomic E-state index is 2.06. The second-order valence-electron chi connectivity index (χ2n) is 0.704. The second kappa shape index (κ2) is 2.42. The molecule has 0 saturated carbocycles. The van der Waals surface area contributed by atoms with Gasteiger partial charge >= 0.3 is 19.7 Å². The van der Waals surface area contributed by atoms with Crippen LogP contribution in [-0.2, 0) is 19.7 Å². The van der Waals surface area contributed by atoms with Gasteiger partial charge in [-0.15, -0.1) is 0 Å². The van der Waals surface area contributed by atoms with Crippen LogP contribution >= 0.6 is 10.7 Å². The van der Waals surface area contributed by atoms with E-state index in [-0.39, 0.29) is 0 Å². The van der Waals surface area contributed by atoms with Gasteiger partial charge in [0.2, 0.25) is 0 Å². The molecule has 48 valence electrons. The zero-order valence-corrected chi connectivity index (χ0v) is 5.66. The monoisotopic (exact) mass is 177 g/mol. The van der Waals surface area contributed by atoms with Gasteiger partial charge in [-0.2, -0.15) is 16.8 Å². The first-order chi connectivity index (χ1) is 3.42. The van der Waals surface area contributed by atoms with Crippen LogP contribution in [0.1, 0.15) is 0 Å². The van der Waals surface area contributed by atoms with Crippen LogP contribution in [0.5, 0.6) is 0 Å². The van der Waals surface area contributed by atoms with Gasteiger partial charge in [-0.1, -0.05) is 0 Å². The highest BCUT2D eigenvalue weighted by Gasteiger charge is 1.97. The summed E-state index contributed by atoms with van der Waals surface area (Å²) >= 11 is 0. The molecule has 0 atom stereocenters. The Morgan fingerprint density at radius 1 is 1.38 bits per heavy atom. The molecule has 0 rings (SSSR count). The highest BCUT2D eigenvalue weighted by atomic mass is 35.7. The van der Waals surface area contributed by atoms with Gasteiger partial charge in [-0.25, -0.2) is 0 Å². The molecule has 0 heterocycles. The molecular weight excluding hydrogens is 178 g/mol. The van der Waals surface area contributed by atoms with Crippen LogP contribution < -0.4 is 0 Å². The van der Waals surface area contributed by atoms with Crippen molar-refractivity contribution in [3.63, 3.8) is 0 Å². The fraction of sp³-hybridized carbons (Fsp3) is 0. The van der Waals surface area contributed by atoms with Crippen molar-refractivity contribution in [2.45, 2.75) is 0 Å². The molecule has 0 unspecified atom stereocenters. The summed E-state index contributed by atoms with van der Waals surface area (Å²) in [5, 5.41) is 0. The fourth-order valence-corrected chi connectivity index (χ4v) is 1.07. The maximum atomic E-state index is 9.65. The molecule has 0 radical (unpaired) electrons. The Bertz CT molecular complexity index is 272. The summed E-state index contributed by atoms with van der Waals surface area (Å²) in [7, 11) is -2.88. The third kappa shape index (κ3) is 5.86. The lowest BCUT2D eigenvalue weighted by atomic mass is 13.9. The Hall–Kier alpha value is -0.140. The van der Waals surface area contributed by atoms with E-state index in [0.717, 1.165) is 0 Å².